The molecule has 0 aromatic heterocycles. The zero-order chi connectivity index (χ0) is 9.68. The predicted octanol–water partition coefficient (Wildman–Crippen LogP) is 1.82. The van der Waals surface area contributed by atoms with Gasteiger partial charge in [0.1, 0.15) is 12.4 Å². The summed E-state index contributed by atoms with van der Waals surface area (Å²) in [6.45, 7) is 2.11. The number of aryl methyl sites for hydroxylation is 1. The van der Waals surface area contributed by atoms with Gasteiger partial charge in [-0.1, -0.05) is 12.0 Å². The lowest BCUT2D eigenvalue weighted by atomic mass is 10.1. The third kappa shape index (κ3) is 2.34. The molecular weight excluding hydrogens is 164 g/mol. The first kappa shape index (κ1) is 9.34. The number of hydrogen-bond acceptors (Lipinski definition) is 2. The topological polar surface area (TPSA) is 26.3 Å². The SMILES string of the molecule is C#CCOc1cc(C)ccc1C=O. The highest BCUT2D eigenvalue weighted by Crippen LogP contribution is 2.18. The van der Waals surface area contributed by atoms with Crippen LogP contribution in [-0.2, 0) is 0 Å². The highest BCUT2D eigenvalue weighted by Gasteiger charge is 2.01. The summed E-state index contributed by atoms with van der Waals surface area (Å²) in [6, 6.07) is 5.36. The summed E-state index contributed by atoms with van der Waals surface area (Å²) in [7, 11) is 0. The van der Waals surface area contributed by atoms with Crippen LogP contribution < -0.4 is 4.74 Å². The number of aldehydes is 1. The predicted molar refractivity (Wildman–Crippen MR) is 50.9 cm³/mol. The first-order valence-corrected chi connectivity index (χ1v) is 3.90. The first-order chi connectivity index (χ1) is 6.27. The van der Waals surface area contributed by atoms with Gasteiger partial charge in [0.15, 0.2) is 6.29 Å². The van der Waals surface area contributed by atoms with Crippen molar-refractivity contribution in [3.63, 3.8) is 0 Å². The lowest BCUT2D eigenvalue weighted by molar-refractivity contribution is 0.112. The van der Waals surface area contributed by atoms with E-state index >= 15 is 0 Å². The first-order valence-electron chi connectivity index (χ1n) is 3.90. The summed E-state index contributed by atoms with van der Waals surface area (Å²) < 4.78 is 5.19. The number of rotatable bonds is 3. The van der Waals surface area contributed by atoms with Crippen LogP contribution in [-0.4, -0.2) is 12.9 Å². The number of carbonyl (C=O) groups excluding carboxylic acids is 1. The third-order valence-electron chi connectivity index (χ3n) is 1.61. The summed E-state index contributed by atoms with van der Waals surface area (Å²) in [6.07, 6.45) is 5.80. The Kier molecular flexibility index (Phi) is 3.10. The monoisotopic (exact) mass is 174 g/mol. The van der Waals surface area contributed by atoms with E-state index in [0.29, 0.717) is 11.3 Å². The van der Waals surface area contributed by atoms with Crippen LogP contribution in [0, 0.1) is 19.3 Å². The van der Waals surface area contributed by atoms with Crippen LogP contribution in [0.1, 0.15) is 15.9 Å². The van der Waals surface area contributed by atoms with Crippen molar-refractivity contribution in [2.45, 2.75) is 6.92 Å². The maximum Gasteiger partial charge on any atom is 0.153 e. The highest BCUT2D eigenvalue weighted by atomic mass is 16.5. The average molecular weight is 174 g/mol. The van der Waals surface area contributed by atoms with Gasteiger partial charge in [-0.05, 0) is 24.6 Å². The van der Waals surface area contributed by atoms with Gasteiger partial charge in [-0.2, -0.15) is 0 Å². The molecule has 2 nitrogen and oxygen atoms in total. The molecule has 1 rings (SSSR count). The zero-order valence-corrected chi connectivity index (χ0v) is 7.41. The largest absolute Gasteiger partial charge is 0.480 e. The Labute approximate surface area is 77.5 Å². The number of terminal acetylenes is 1. The Hall–Kier alpha value is -1.75. The minimum atomic E-state index is 0.185. The van der Waals surface area contributed by atoms with Crippen LogP contribution in [0.3, 0.4) is 0 Å². The standard InChI is InChI=1S/C11H10O2/c1-3-6-13-11-7-9(2)4-5-10(11)8-12/h1,4-5,7-8H,6H2,2H3. The molecule has 0 atom stereocenters. The molecule has 2 heteroatoms. The fourth-order valence-corrected chi connectivity index (χ4v) is 0.983. The van der Waals surface area contributed by atoms with Crippen LogP contribution in [0.25, 0.3) is 0 Å². The molecule has 0 bridgehead atoms. The van der Waals surface area contributed by atoms with Gasteiger partial charge in [0.05, 0.1) is 5.56 Å². The maximum atomic E-state index is 10.6. The van der Waals surface area contributed by atoms with Gasteiger partial charge < -0.3 is 4.74 Å². The van der Waals surface area contributed by atoms with Crippen LogP contribution in [0.5, 0.6) is 5.75 Å². The molecule has 0 amide bonds. The Morgan fingerprint density at radius 2 is 2.38 bits per heavy atom. The molecular formula is C11H10O2. The minimum absolute atomic E-state index is 0.185. The fraction of sp³-hybridized carbons (Fsp3) is 0.182. The van der Waals surface area contributed by atoms with E-state index in [0.717, 1.165) is 11.8 Å². The Morgan fingerprint density at radius 3 is 3.00 bits per heavy atom. The van der Waals surface area contributed by atoms with Crippen molar-refractivity contribution in [1.29, 1.82) is 0 Å². The van der Waals surface area contributed by atoms with Crippen LogP contribution in [0.2, 0.25) is 0 Å². The van der Waals surface area contributed by atoms with E-state index < -0.39 is 0 Å². The van der Waals surface area contributed by atoms with Crippen LogP contribution in [0.4, 0.5) is 0 Å². The number of ether oxygens (including phenoxy) is 1. The summed E-state index contributed by atoms with van der Waals surface area (Å²) >= 11 is 0. The Bertz CT molecular complexity index is 348. The maximum absolute atomic E-state index is 10.6. The molecule has 0 saturated carbocycles. The molecule has 0 aliphatic rings. The number of carbonyl (C=O) groups is 1. The molecule has 1 aromatic rings. The van der Waals surface area contributed by atoms with Crippen molar-refractivity contribution in [1.82, 2.24) is 0 Å². The number of hydrogen-bond donors (Lipinski definition) is 0. The van der Waals surface area contributed by atoms with Gasteiger partial charge in [0, 0.05) is 0 Å². The molecule has 0 aliphatic heterocycles. The molecule has 13 heavy (non-hydrogen) atoms. The minimum Gasteiger partial charge on any atom is -0.480 e. The van der Waals surface area contributed by atoms with Crippen molar-refractivity contribution in [2.75, 3.05) is 6.61 Å². The van der Waals surface area contributed by atoms with Gasteiger partial charge in [0.2, 0.25) is 0 Å². The second kappa shape index (κ2) is 4.32. The van der Waals surface area contributed by atoms with Crippen molar-refractivity contribution < 1.29 is 9.53 Å². The van der Waals surface area contributed by atoms with E-state index in [-0.39, 0.29) is 6.61 Å². The van der Waals surface area contributed by atoms with Gasteiger partial charge in [-0.3, -0.25) is 4.79 Å². The summed E-state index contributed by atoms with van der Waals surface area (Å²) in [5, 5.41) is 0. The molecule has 0 heterocycles. The second-order valence-electron chi connectivity index (χ2n) is 2.65. The van der Waals surface area contributed by atoms with Gasteiger partial charge in [0.25, 0.3) is 0 Å². The van der Waals surface area contributed by atoms with Gasteiger partial charge in [-0.15, -0.1) is 6.42 Å². The molecule has 0 radical (unpaired) electrons. The van der Waals surface area contributed by atoms with E-state index in [2.05, 4.69) is 5.92 Å². The van der Waals surface area contributed by atoms with Crippen LogP contribution >= 0.6 is 0 Å². The van der Waals surface area contributed by atoms with E-state index in [1.807, 2.05) is 13.0 Å². The molecule has 1 aromatic carbocycles. The van der Waals surface area contributed by atoms with E-state index in [1.165, 1.54) is 0 Å². The van der Waals surface area contributed by atoms with Gasteiger partial charge in [-0.25, -0.2) is 0 Å². The zero-order valence-electron chi connectivity index (χ0n) is 7.41. The molecule has 0 N–H and O–H groups in total. The lowest BCUT2D eigenvalue weighted by Gasteiger charge is -2.05. The quantitative estimate of drug-likeness (QED) is 0.516. The van der Waals surface area contributed by atoms with Gasteiger partial charge >= 0.3 is 0 Å². The summed E-state index contributed by atoms with van der Waals surface area (Å²) in [4.78, 5) is 10.6. The van der Waals surface area contributed by atoms with Crippen molar-refractivity contribution in [3.05, 3.63) is 29.3 Å². The fourth-order valence-electron chi connectivity index (χ4n) is 0.983. The molecule has 0 saturated heterocycles. The molecule has 0 fully saturated rings. The van der Waals surface area contributed by atoms with E-state index in [1.54, 1.807) is 12.1 Å². The van der Waals surface area contributed by atoms with Crippen LogP contribution in [0.15, 0.2) is 18.2 Å². The molecule has 0 unspecified atom stereocenters. The molecule has 0 aliphatic carbocycles. The lowest BCUT2D eigenvalue weighted by Crippen LogP contribution is -1.97. The Balaban J connectivity index is 2.95. The molecule has 66 valence electrons. The van der Waals surface area contributed by atoms with Crippen molar-refractivity contribution in [3.8, 4) is 18.1 Å². The normalized spacial score (nSPS) is 8.92. The summed E-state index contributed by atoms with van der Waals surface area (Å²) in [5.41, 5.74) is 1.57. The summed E-state index contributed by atoms with van der Waals surface area (Å²) in [5.74, 6) is 2.90. The smallest absolute Gasteiger partial charge is 0.153 e. The Morgan fingerprint density at radius 1 is 1.62 bits per heavy atom. The van der Waals surface area contributed by atoms with E-state index in [9.17, 15) is 4.79 Å². The van der Waals surface area contributed by atoms with Crippen molar-refractivity contribution >= 4 is 6.29 Å². The second-order valence-corrected chi connectivity index (χ2v) is 2.65. The van der Waals surface area contributed by atoms with Crippen molar-refractivity contribution in [2.24, 2.45) is 0 Å². The highest BCUT2D eigenvalue weighted by molar-refractivity contribution is 5.79. The third-order valence-corrected chi connectivity index (χ3v) is 1.61. The number of benzene rings is 1. The molecule has 0 spiro atoms. The average Bonchev–Trinajstić information content (AvgIpc) is 2.15. The van der Waals surface area contributed by atoms with E-state index in [4.69, 9.17) is 11.2 Å².